The number of imidazole rings is 1. The van der Waals surface area contributed by atoms with Gasteiger partial charge < -0.3 is 19.4 Å². The van der Waals surface area contributed by atoms with Crippen LogP contribution in [0.5, 0.6) is 5.75 Å². The van der Waals surface area contributed by atoms with Gasteiger partial charge in [0, 0.05) is 11.1 Å². The van der Waals surface area contributed by atoms with Crippen molar-refractivity contribution < 1.29 is 18.7 Å². The number of aromatic nitrogens is 2. The number of nitriles is 1. The van der Waals surface area contributed by atoms with Crippen molar-refractivity contribution in [3.05, 3.63) is 94.6 Å². The van der Waals surface area contributed by atoms with Crippen LogP contribution in [0.4, 0.5) is 4.39 Å². The predicted octanol–water partition coefficient (Wildman–Crippen LogP) is 7.92. The standard InChI is InChI=1S/C38H44FN5O3S/c1-37(2,3)47-38(4,5)42-36(45)28-11-12-32-33(21-28)44(35-15-18-48-35)34(41-32)23-43-16-13-26(14-17-43)27-7-6-8-30(20-27)46-24-29-10-9-25(22-40)19-31(29)39/h6-12,19-21,26,35H,13-18,23-24H2,1-5H3,(H,42,45). The quantitative estimate of drug-likeness (QED) is 0.172. The van der Waals surface area contributed by atoms with Gasteiger partial charge in [-0.1, -0.05) is 18.2 Å². The van der Waals surface area contributed by atoms with E-state index in [0.29, 0.717) is 33.7 Å². The first-order valence-corrected chi connectivity index (χ1v) is 17.7. The van der Waals surface area contributed by atoms with Crippen LogP contribution in [-0.4, -0.2) is 50.5 Å². The molecule has 2 saturated heterocycles. The fourth-order valence-corrected chi connectivity index (χ4v) is 7.49. The van der Waals surface area contributed by atoms with E-state index in [1.807, 2.05) is 82.8 Å². The van der Waals surface area contributed by atoms with Gasteiger partial charge in [0.15, 0.2) is 0 Å². The summed E-state index contributed by atoms with van der Waals surface area (Å²) in [5.41, 5.74) is 3.25. The molecule has 1 N–H and O–H groups in total. The minimum absolute atomic E-state index is 0.107. The highest BCUT2D eigenvalue weighted by molar-refractivity contribution is 8.00. The minimum Gasteiger partial charge on any atom is -0.489 e. The maximum Gasteiger partial charge on any atom is 0.253 e. The molecule has 0 aliphatic carbocycles. The molecule has 3 aromatic carbocycles. The molecule has 2 aliphatic rings. The van der Waals surface area contributed by atoms with E-state index in [9.17, 15) is 9.18 Å². The van der Waals surface area contributed by atoms with Gasteiger partial charge in [0.25, 0.3) is 5.91 Å². The first-order chi connectivity index (χ1) is 22.9. The van der Waals surface area contributed by atoms with Gasteiger partial charge in [-0.3, -0.25) is 9.69 Å². The third-order valence-corrected chi connectivity index (χ3v) is 10.1. The average molecular weight is 670 g/mol. The zero-order chi connectivity index (χ0) is 34.1. The molecule has 3 heterocycles. The van der Waals surface area contributed by atoms with E-state index in [2.05, 4.69) is 26.9 Å². The summed E-state index contributed by atoms with van der Waals surface area (Å²) in [5, 5.41) is 12.4. The molecule has 0 saturated carbocycles. The predicted molar refractivity (Wildman–Crippen MR) is 187 cm³/mol. The summed E-state index contributed by atoms with van der Waals surface area (Å²) in [4.78, 5) is 20.9. The zero-order valence-corrected chi connectivity index (χ0v) is 29.2. The van der Waals surface area contributed by atoms with Crippen molar-refractivity contribution in [1.29, 1.82) is 5.26 Å². The summed E-state index contributed by atoms with van der Waals surface area (Å²) in [6, 6.07) is 20.3. The smallest absolute Gasteiger partial charge is 0.253 e. The first kappa shape index (κ1) is 34.0. The van der Waals surface area contributed by atoms with Gasteiger partial charge in [-0.2, -0.15) is 5.26 Å². The number of halogens is 1. The SMILES string of the molecule is CC(C)(C)OC(C)(C)NC(=O)c1ccc2nc(CN3CCC(c4cccc(OCc5ccc(C#N)cc5F)c4)CC3)n(C3CCS3)c2c1. The van der Waals surface area contributed by atoms with Crippen LogP contribution in [0.3, 0.4) is 0 Å². The van der Waals surface area contributed by atoms with Crippen LogP contribution >= 0.6 is 11.8 Å². The highest BCUT2D eigenvalue weighted by Crippen LogP contribution is 2.41. The third-order valence-electron chi connectivity index (χ3n) is 8.82. The van der Waals surface area contributed by atoms with E-state index in [1.165, 1.54) is 11.6 Å². The number of hydrogen-bond acceptors (Lipinski definition) is 7. The zero-order valence-electron chi connectivity index (χ0n) is 28.4. The van der Waals surface area contributed by atoms with Crippen molar-refractivity contribution in [2.24, 2.45) is 0 Å². The Morgan fingerprint density at radius 1 is 1.06 bits per heavy atom. The van der Waals surface area contributed by atoms with E-state index >= 15 is 0 Å². The number of amides is 1. The molecule has 1 amide bonds. The van der Waals surface area contributed by atoms with Gasteiger partial charge in [0.2, 0.25) is 0 Å². The summed E-state index contributed by atoms with van der Waals surface area (Å²) in [5.74, 6) is 2.69. The molecule has 10 heteroatoms. The summed E-state index contributed by atoms with van der Waals surface area (Å²) in [6.07, 6.45) is 3.12. The fourth-order valence-electron chi connectivity index (χ4n) is 6.66. The molecule has 252 valence electrons. The summed E-state index contributed by atoms with van der Waals surface area (Å²) in [6.45, 7) is 12.4. The molecule has 1 unspecified atom stereocenters. The van der Waals surface area contributed by atoms with Gasteiger partial charge >= 0.3 is 0 Å². The Bertz CT molecular complexity index is 1830. The molecule has 0 spiro atoms. The number of carbonyl (C=O) groups excluding carboxylic acids is 1. The lowest BCUT2D eigenvalue weighted by molar-refractivity contribution is -0.123. The van der Waals surface area contributed by atoms with Crippen LogP contribution in [0.2, 0.25) is 0 Å². The Morgan fingerprint density at radius 2 is 1.83 bits per heavy atom. The molecule has 2 fully saturated rings. The van der Waals surface area contributed by atoms with Gasteiger partial charge in [0.05, 0.1) is 40.2 Å². The Labute approximate surface area is 286 Å². The summed E-state index contributed by atoms with van der Waals surface area (Å²) in [7, 11) is 0. The van der Waals surface area contributed by atoms with Crippen molar-refractivity contribution in [3.63, 3.8) is 0 Å². The van der Waals surface area contributed by atoms with Gasteiger partial charge in [-0.25, -0.2) is 9.37 Å². The van der Waals surface area contributed by atoms with E-state index in [0.717, 1.165) is 61.5 Å². The second-order valence-electron chi connectivity index (χ2n) is 14.2. The van der Waals surface area contributed by atoms with Crippen molar-refractivity contribution in [2.75, 3.05) is 18.8 Å². The highest BCUT2D eigenvalue weighted by atomic mass is 32.2. The van der Waals surface area contributed by atoms with Crippen LogP contribution < -0.4 is 10.1 Å². The normalized spacial score (nSPS) is 17.6. The second kappa shape index (κ2) is 13.9. The van der Waals surface area contributed by atoms with Crippen molar-refractivity contribution in [2.45, 2.75) is 89.7 Å². The topological polar surface area (TPSA) is 92.4 Å². The number of hydrogen-bond donors (Lipinski definition) is 1. The number of piperidine rings is 1. The summed E-state index contributed by atoms with van der Waals surface area (Å²) < 4.78 is 28.7. The van der Waals surface area contributed by atoms with E-state index in [1.54, 1.807) is 12.1 Å². The molecule has 0 bridgehead atoms. The third kappa shape index (κ3) is 8.03. The van der Waals surface area contributed by atoms with E-state index in [4.69, 9.17) is 19.7 Å². The van der Waals surface area contributed by atoms with Crippen LogP contribution in [0, 0.1) is 17.1 Å². The van der Waals surface area contributed by atoms with Crippen LogP contribution in [0.25, 0.3) is 11.0 Å². The van der Waals surface area contributed by atoms with Crippen LogP contribution in [0.1, 0.15) is 98.0 Å². The average Bonchev–Trinajstić information content (AvgIpc) is 3.35. The number of carbonyl (C=O) groups is 1. The molecule has 48 heavy (non-hydrogen) atoms. The van der Waals surface area contributed by atoms with Gasteiger partial charge in [-0.05, 0) is 127 Å². The number of nitrogens with zero attached hydrogens (tertiary/aromatic N) is 4. The number of benzene rings is 3. The molecule has 1 atom stereocenters. The first-order valence-electron chi connectivity index (χ1n) is 16.7. The Kier molecular flexibility index (Phi) is 9.84. The Balaban J connectivity index is 1.11. The number of thioether (sulfide) groups is 1. The van der Waals surface area contributed by atoms with Gasteiger partial charge in [-0.15, -0.1) is 11.8 Å². The monoisotopic (exact) mass is 669 g/mol. The largest absolute Gasteiger partial charge is 0.489 e. The lowest BCUT2D eigenvalue weighted by atomic mass is 9.89. The molecule has 0 radical (unpaired) electrons. The van der Waals surface area contributed by atoms with E-state index < -0.39 is 17.1 Å². The van der Waals surface area contributed by atoms with Crippen LogP contribution in [0.15, 0.2) is 60.7 Å². The number of nitrogens with one attached hydrogen (secondary N) is 1. The maximum absolute atomic E-state index is 14.3. The van der Waals surface area contributed by atoms with Gasteiger partial charge in [0.1, 0.15) is 29.7 Å². The fraction of sp³-hybridized carbons (Fsp3) is 0.447. The number of fused-ring (bicyclic) bond motifs is 1. The second-order valence-corrected chi connectivity index (χ2v) is 15.5. The van der Waals surface area contributed by atoms with Crippen LogP contribution in [-0.2, 0) is 17.9 Å². The maximum atomic E-state index is 14.3. The molecule has 1 aromatic heterocycles. The Hall–Kier alpha value is -3.91. The molecule has 4 aromatic rings. The Morgan fingerprint density at radius 3 is 2.50 bits per heavy atom. The number of rotatable bonds is 10. The molecular formula is C38H44FN5O3S. The number of likely N-dealkylation sites (tertiary alicyclic amines) is 1. The highest BCUT2D eigenvalue weighted by Gasteiger charge is 2.30. The molecule has 8 nitrogen and oxygen atoms in total. The van der Waals surface area contributed by atoms with Crippen molar-refractivity contribution in [3.8, 4) is 11.8 Å². The lowest BCUT2D eigenvalue weighted by Crippen LogP contribution is -2.49. The van der Waals surface area contributed by atoms with Crippen molar-refractivity contribution in [1.82, 2.24) is 19.8 Å². The lowest BCUT2D eigenvalue weighted by Gasteiger charge is -2.34. The van der Waals surface area contributed by atoms with Crippen molar-refractivity contribution >= 4 is 28.7 Å². The molecule has 6 rings (SSSR count). The number of ether oxygens (including phenoxy) is 2. The summed E-state index contributed by atoms with van der Waals surface area (Å²) >= 11 is 1.93. The van der Waals surface area contributed by atoms with E-state index in [-0.39, 0.29) is 12.5 Å². The molecule has 2 aliphatic heterocycles. The minimum atomic E-state index is -0.814. The molecular weight excluding hydrogens is 626 g/mol.